The maximum atomic E-state index is 12.6. The van der Waals surface area contributed by atoms with Crippen molar-refractivity contribution in [2.45, 2.75) is 55.3 Å². The Morgan fingerprint density at radius 3 is 2.48 bits per heavy atom. The molecule has 140 valence electrons. The summed E-state index contributed by atoms with van der Waals surface area (Å²) in [6, 6.07) is 3.50. The first-order valence-corrected chi connectivity index (χ1v) is 11.4. The van der Waals surface area contributed by atoms with Gasteiger partial charge in [-0.3, -0.25) is 9.69 Å². The molecule has 3 rings (SSSR count). The molecular weight excluding hydrogens is 358 g/mol. The molecule has 1 N–H and O–H groups in total. The topological polar surface area (TPSA) is 69.7 Å². The number of nitrogens with zero attached hydrogens (tertiary/aromatic N) is 2. The van der Waals surface area contributed by atoms with Crippen molar-refractivity contribution in [3.8, 4) is 0 Å². The van der Waals surface area contributed by atoms with Gasteiger partial charge in [0.15, 0.2) is 0 Å². The molecule has 0 aromatic carbocycles. The van der Waals surface area contributed by atoms with Crippen molar-refractivity contribution in [3.05, 3.63) is 17.5 Å². The Kier molecular flexibility index (Phi) is 6.14. The minimum atomic E-state index is -3.39. The van der Waals surface area contributed by atoms with E-state index in [1.807, 2.05) is 6.92 Å². The van der Waals surface area contributed by atoms with E-state index in [4.69, 9.17) is 0 Å². The van der Waals surface area contributed by atoms with Crippen molar-refractivity contribution in [2.75, 3.05) is 26.2 Å². The second kappa shape index (κ2) is 8.16. The summed E-state index contributed by atoms with van der Waals surface area (Å²) in [7, 11) is -3.39. The molecule has 25 heavy (non-hydrogen) atoms. The molecule has 1 aromatic heterocycles. The zero-order valence-corrected chi connectivity index (χ0v) is 16.3. The number of sulfonamides is 1. The van der Waals surface area contributed by atoms with Crippen LogP contribution in [0.3, 0.4) is 0 Å². The summed E-state index contributed by atoms with van der Waals surface area (Å²) in [5.41, 5.74) is 0. The van der Waals surface area contributed by atoms with Crippen LogP contribution in [0.15, 0.2) is 21.7 Å². The van der Waals surface area contributed by atoms with E-state index in [9.17, 15) is 13.2 Å². The zero-order valence-electron chi connectivity index (χ0n) is 14.7. The Morgan fingerprint density at radius 1 is 1.20 bits per heavy atom. The van der Waals surface area contributed by atoms with Gasteiger partial charge in [0.2, 0.25) is 5.91 Å². The summed E-state index contributed by atoms with van der Waals surface area (Å²) in [6.07, 6.45) is 5.80. The van der Waals surface area contributed by atoms with Gasteiger partial charge in [-0.05, 0) is 31.2 Å². The molecule has 2 fully saturated rings. The summed E-state index contributed by atoms with van der Waals surface area (Å²) < 4.78 is 27.0. The molecule has 1 amide bonds. The smallest absolute Gasteiger partial charge is 0.252 e. The van der Waals surface area contributed by atoms with E-state index in [1.165, 1.54) is 34.9 Å². The van der Waals surface area contributed by atoms with Crippen molar-refractivity contribution in [2.24, 2.45) is 0 Å². The molecule has 0 spiro atoms. The fourth-order valence-corrected chi connectivity index (χ4v) is 6.17. The van der Waals surface area contributed by atoms with Crippen molar-refractivity contribution < 1.29 is 13.2 Å². The highest BCUT2D eigenvalue weighted by molar-refractivity contribution is 7.91. The molecule has 1 saturated heterocycles. The lowest BCUT2D eigenvalue weighted by molar-refractivity contribution is -0.127. The van der Waals surface area contributed by atoms with Crippen LogP contribution in [0, 0.1) is 0 Å². The zero-order chi connectivity index (χ0) is 17.9. The number of amides is 1. The second-order valence-corrected chi connectivity index (χ2v) is 10.0. The van der Waals surface area contributed by atoms with Gasteiger partial charge in [-0.2, -0.15) is 4.31 Å². The van der Waals surface area contributed by atoms with Gasteiger partial charge < -0.3 is 5.32 Å². The normalized spacial score (nSPS) is 22.6. The third kappa shape index (κ3) is 4.42. The average molecular weight is 386 g/mol. The highest BCUT2D eigenvalue weighted by Gasteiger charge is 2.32. The maximum absolute atomic E-state index is 12.6. The first-order valence-electron chi connectivity index (χ1n) is 9.06. The molecule has 1 aliphatic carbocycles. The van der Waals surface area contributed by atoms with Gasteiger partial charge in [-0.15, -0.1) is 11.3 Å². The fraction of sp³-hybridized carbons (Fsp3) is 0.706. The van der Waals surface area contributed by atoms with Gasteiger partial charge in [-0.25, -0.2) is 8.42 Å². The van der Waals surface area contributed by atoms with Crippen LogP contribution in [0.4, 0.5) is 0 Å². The largest absolute Gasteiger partial charge is 0.352 e. The SMILES string of the molecule is C[C@@H](C(=O)NC1CCCCC1)N1CCN(S(=O)(=O)c2cccs2)CC1. The second-order valence-electron chi connectivity index (χ2n) is 6.89. The van der Waals surface area contributed by atoms with Crippen LogP contribution < -0.4 is 5.32 Å². The molecule has 1 aliphatic heterocycles. The first kappa shape index (κ1) is 18.8. The van der Waals surface area contributed by atoms with Crippen LogP contribution in [0.1, 0.15) is 39.0 Å². The summed E-state index contributed by atoms with van der Waals surface area (Å²) in [4.78, 5) is 14.6. The van der Waals surface area contributed by atoms with Gasteiger partial charge in [0.25, 0.3) is 10.0 Å². The van der Waals surface area contributed by atoms with Crippen LogP contribution in [-0.2, 0) is 14.8 Å². The Bertz CT molecular complexity index is 661. The molecule has 2 aliphatic rings. The molecule has 0 radical (unpaired) electrons. The minimum absolute atomic E-state index is 0.0708. The standard InChI is InChI=1S/C17H27N3O3S2/c1-14(17(21)18-15-6-3-2-4-7-15)19-9-11-20(12-10-19)25(22,23)16-8-5-13-24-16/h5,8,13-15H,2-4,6-7,9-12H2,1H3,(H,18,21)/t14-/m0/s1. The number of carbonyl (C=O) groups excluding carboxylic acids is 1. The molecular formula is C17H27N3O3S2. The average Bonchev–Trinajstić information content (AvgIpc) is 3.17. The number of nitrogens with one attached hydrogen (secondary N) is 1. The third-order valence-corrected chi connectivity index (χ3v) is 8.51. The van der Waals surface area contributed by atoms with Crippen LogP contribution in [0.2, 0.25) is 0 Å². The van der Waals surface area contributed by atoms with Gasteiger partial charge in [-0.1, -0.05) is 25.3 Å². The highest BCUT2D eigenvalue weighted by Crippen LogP contribution is 2.23. The monoisotopic (exact) mass is 385 g/mol. The fourth-order valence-electron chi connectivity index (χ4n) is 3.60. The highest BCUT2D eigenvalue weighted by atomic mass is 32.2. The van der Waals surface area contributed by atoms with E-state index in [2.05, 4.69) is 10.2 Å². The Labute approximate surface area is 154 Å². The Balaban J connectivity index is 1.52. The van der Waals surface area contributed by atoms with Crippen LogP contribution >= 0.6 is 11.3 Å². The van der Waals surface area contributed by atoms with E-state index in [-0.39, 0.29) is 11.9 Å². The van der Waals surface area contributed by atoms with Crippen LogP contribution in [0.25, 0.3) is 0 Å². The van der Waals surface area contributed by atoms with Crippen molar-refractivity contribution in [1.29, 1.82) is 0 Å². The predicted octanol–water partition coefficient (Wildman–Crippen LogP) is 1.89. The summed E-state index contributed by atoms with van der Waals surface area (Å²) in [5, 5.41) is 4.95. The number of hydrogen-bond donors (Lipinski definition) is 1. The van der Waals surface area contributed by atoms with Gasteiger partial charge in [0, 0.05) is 32.2 Å². The van der Waals surface area contributed by atoms with E-state index in [0.717, 1.165) is 12.8 Å². The van der Waals surface area contributed by atoms with Crippen LogP contribution in [0.5, 0.6) is 0 Å². The van der Waals surface area contributed by atoms with Crippen molar-refractivity contribution in [1.82, 2.24) is 14.5 Å². The molecule has 8 heteroatoms. The molecule has 0 unspecified atom stereocenters. The van der Waals surface area contributed by atoms with Crippen molar-refractivity contribution >= 4 is 27.3 Å². The molecule has 1 atom stereocenters. The van der Waals surface area contributed by atoms with Gasteiger partial charge in [0.05, 0.1) is 6.04 Å². The Hall–Kier alpha value is -0.960. The lowest BCUT2D eigenvalue weighted by atomic mass is 9.95. The van der Waals surface area contributed by atoms with E-state index >= 15 is 0 Å². The maximum Gasteiger partial charge on any atom is 0.252 e. The lowest BCUT2D eigenvalue weighted by Crippen LogP contribution is -2.55. The van der Waals surface area contributed by atoms with Crippen molar-refractivity contribution in [3.63, 3.8) is 0 Å². The minimum Gasteiger partial charge on any atom is -0.352 e. The third-order valence-electron chi connectivity index (χ3n) is 5.24. The number of piperazine rings is 1. The molecule has 0 bridgehead atoms. The van der Waals surface area contributed by atoms with E-state index in [0.29, 0.717) is 36.4 Å². The van der Waals surface area contributed by atoms with Gasteiger partial charge >= 0.3 is 0 Å². The first-order chi connectivity index (χ1) is 12.0. The number of rotatable bonds is 5. The number of thiophene rings is 1. The summed E-state index contributed by atoms with van der Waals surface area (Å²) in [6.45, 7) is 3.96. The number of carbonyl (C=O) groups is 1. The predicted molar refractivity (Wildman–Crippen MR) is 99.1 cm³/mol. The molecule has 2 heterocycles. The lowest BCUT2D eigenvalue weighted by Gasteiger charge is -2.37. The summed E-state index contributed by atoms with van der Waals surface area (Å²) in [5.74, 6) is 0.0708. The van der Waals surface area contributed by atoms with E-state index in [1.54, 1.807) is 17.5 Å². The summed E-state index contributed by atoms with van der Waals surface area (Å²) >= 11 is 1.25. The Morgan fingerprint density at radius 2 is 1.88 bits per heavy atom. The molecule has 1 aromatic rings. The van der Waals surface area contributed by atoms with Gasteiger partial charge in [0.1, 0.15) is 4.21 Å². The number of hydrogen-bond acceptors (Lipinski definition) is 5. The van der Waals surface area contributed by atoms with E-state index < -0.39 is 10.0 Å². The van der Waals surface area contributed by atoms with Crippen LogP contribution in [-0.4, -0.2) is 61.8 Å². The molecule has 6 nitrogen and oxygen atoms in total. The molecule has 1 saturated carbocycles. The quantitative estimate of drug-likeness (QED) is 0.840.